The summed E-state index contributed by atoms with van der Waals surface area (Å²) in [6.07, 6.45) is 3.78. The van der Waals surface area contributed by atoms with Crippen LogP contribution in [0.25, 0.3) is 0 Å². The molecule has 1 saturated heterocycles. The standard InChI is InChI=1S/C11H19N3/c1-8-11(9(2)14(3)13-8)7-10-5-4-6-12-10/h10,12H,4-7H2,1-3H3/t10-/m0/s1. The fraction of sp³-hybridized carbons (Fsp3) is 0.727. The molecule has 3 heteroatoms. The maximum absolute atomic E-state index is 4.44. The lowest BCUT2D eigenvalue weighted by Crippen LogP contribution is -2.24. The van der Waals surface area contributed by atoms with Gasteiger partial charge in [0.1, 0.15) is 0 Å². The normalized spacial score (nSPS) is 21.8. The molecule has 0 spiro atoms. The van der Waals surface area contributed by atoms with Crippen LogP contribution in [0.15, 0.2) is 0 Å². The number of hydrogen-bond donors (Lipinski definition) is 1. The van der Waals surface area contributed by atoms with Crippen molar-refractivity contribution in [3.63, 3.8) is 0 Å². The molecule has 0 aliphatic carbocycles. The molecule has 0 radical (unpaired) electrons. The Kier molecular flexibility index (Phi) is 2.59. The molecule has 1 aliphatic heterocycles. The second-order valence-electron chi connectivity index (χ2n) is 4.27. The molecule has 1 aromatic heterocycles. The molecule has 14 heavy (non-hydrogen) atoms. The van der Waals surface area contributed by atoms with Crippen LogP contribution in [0.4, 0.5) is 0 Å². The lowest BCUT2D eigenvalue weighted by molar-refractivity contribution is 0.599. The smallest absolute Gasteiger partial charge is 0.0628 e. The van der Waals surface area contributed by atoms with Gasteiger partial charge in [-0.2, -0.15) is 5.10 Å². The summed E-state index contributed by atoms with van der Waals surface area (Å²) < 4.78 is 1.99. The number of aromatic nitrogens is 2. The van der Waals surface area contributed by atoms with Crippen molar-refractivity contribution in [3.8, 4) is 0 Å². The lowest BCUT2D eigenvalue weighted by Gasteiger charge is -2.09. The summed E-state index contributed by atoms with van der Waals surface area (Å²) in [5.74, 6) is 0. The third kappa shape index (κ3) is 1.69. The SMILES string of the molecule is Cc1nn(C)c(C)c1C[C@@H]1CCCN1. The number of nitrogens with one attached hydrogen (secondary N) is 1. The summed E-state index contributed by atoms with van der Waals surface area (Å²) in [4.78, 5) is 0. The predicted molar refractivity (Wildman–Crippen MR) is 57.4 cm³/mol. The minimum atomic E-state index is 0.677. The highest BCUT2D eigenvalue weighted by Gasteiger charge is 2.18. The van der Waals surface area contributed by atoms with E-state index in [1.807, 2.05) is 11.7 Å². The zero-order valence-electron chi connectivity index (χ0n) is 9.30. The summed E-state index contributed by atoms with van der Waals surface area (Å²) in [7, 11) is 2.02. The summed E-state index contributed by atoms with van der Waals surface area (Å²) in [5.41, 5.74) is 3.95. The van der Waals surface area contributed by atoms with E-state index >= 15 is 0 Å². The fourth-order valence-electron chi connectivity index (χ4n) is 2.29. The first kappa shape index (κ1) is 9.71. The average Bonchev–Trinajstić information content (AvgIpc) is 2.71. The van der Waals surface area contributed by atoms with Crippen molar-refractivity contribution < 1.29 is 0 Å². The molecule has 2 heterocycles. The Labute approximate surface area is 85.5 Å². The Hall–Kier alpha value is -0.830. The van der Waals surface area contributed by atoms with Gasteiger partial charge in [-0.05, 0) is 45.2 Å². The first-order chi connectivity index (χ1) is 6.68. The first-order valence-corrected chi connectivity index (χ1v) is 5.41. The van der Waals surface area contributed by atoms with Crippen molar-refractivity contribution in [2.75, 3.05) is 6.54 Å². The van der Waals surface area contributed by atoms with Crippen LogP contribution in [0.3, 0.4) is 0 Å². The molecule has 1 N–H and O–H groups in total. The number of hydrogen-bond acceptors (Lipinski definition) is 2. The van der Waals surface area contributed by atoms with Gasteiger partial charge in [0.2, 0.25) is 0 Å². The topological polar surface area (TPSA) is 29.9 Å². The number of rotatable bonds is 2. The van der Waals surface area contributed by atoms with E-state index in [9.17, 15) is 0 Å². The average molecular weight is 193 g/mol. The third-order valence-electron chi connectivity index (χ3n) is 3.27. The summed E-state index contributed by atoms with van der Waals surface area (Å²) in [6, 6.07) is 0.677. The van der Waals surface area contributed by atoms with Gasteiger partial charge in [0.25, 0.3) is 0 Å². The Morgan fingerprint density at radius 2 is 2.29 bits per heavy atom. The van der Waals surface area contributed by atoms with Crippen molar-refractivity contribution in [1.29, 1.82) is 0 Å². The van der Waals surface area contributed by atoms with E-state index in [0.29, 0.717) is 6.04 Å². The van der Waals surface area contributed by atoms with Crippen LogP contribution in [-0.2, 0) is 13.5 Å². The molecule has 3 nitrogen and oxygen atoms in total. The predicted octanol–water partition coefficient (Wildman–Crippen LogP) is 1.33. The molecule has 0 amide bonds. The Morgan fingerprint density at radius 1 is 1.50 bits per heavy atom. The van der Waals surface area contributed by atoms with Crippen molar-refractivity contribution in [2.45, 2.75) is 39.2 Å². The van der Waals surface area contributed by atoms with E-state index in [-0.39, 0.29) is 0 Å². The van der Waals surface area contributed by atoms with Gasteiger partial charge in [0.15, 0.2) is 0 Å². The van der Waals surface area contributed by atoms with Gasteiger partial charge >= 0.3 is 0 Å². The van der Waals surface area contributed by atoms with Crippen molar-refractivity contribution in [1.82, 2.24) is 15.1 Å². The Bertz CT molecular complexity index is 322. The van der Waals surface area contributed by atoms with E-state index in [2.05, 4.69) is 24.3 Å². The van der Waals surface area contributed by atoms with Crippen LogP contribution in [-0.4, -0.2) is 22.4 Å². The maximum Gasteiger partial charge on any atom is 0.0628 e. The summed E-state index contributed by atoms with van der Waals surface area (Å²) >= 11 is 0. The summed E-state index contributed by atoms with van der Waals surface area (Å²) in [6.45, 7) is 5.45. The minimum Gasteiger partial charge on any atom is -0.314 e. The maximum atomic E-state index is 4.44. The molecule has 1 aliphatic rings. The minimum absolute atomic E-state index is 0.677. The first-order valence-electron chi connectivity index (χ1n) is 5.41. The lowest BCUT2D eigenvalue weighted by atomic mass is 10.0. The molecular weight excluding hydrogens is 174 g/mol. The van der Waals surface area contributed by atoms with Gasteiger partial charge in [-0.15, -0.1) is 0 Å². The zero-order valence-corrected chi connectivity index (χ0v) is 9.30. The Balaban J connectivity index is 2.14. The van der Waals surface area contributed by atoms with E-state index < -0.39 is 0 Å². The van der Waals surface area contributed by atoms with Crippen LogP contribution in [0.5, 0.6) is 0 Å². The van der Waals surface area contributed by atoms with Gasteiger partial charge < -0.3 is 5.32 Å². The van der Waals surface area contributed by atoms with E-state index in [4.69, 9.17) is 0 Å². The van der Waals surface area contributed by atoms with Gasteiger partial charge in [-0.1, -0.05) is 0 Å². The molecule has 78 valence electrons. The number of aryl methyl sites for hydroxylation is 2. The van der Waals surface area contributed by atoms with Crippen LogP contribution in [0, 0.1) is 13.8 Å². The molecular formula is C11H19N3. The van der Waals surface area contributed by atoms with Crippen LogP contribution in [0.2, 0.25) is 0 Å². The van der Waals surface area contributed by atoms with Crippen molar-refractivity contribution in [3.05, 3.63) is 17.0 Å². The Morgan fingerprint density at radius 3 is 2.79 bits per heavy atom. The van der Waals surface area contributed by atoms with Crippen LogP contribution >= 0.6 is 0 Å². The molecule has 0 unspecified atom stereocenters. The fourth-order valence-corrected chi connectivity index (χ4v) is 2.29. The summed E-state index contributed by atoms with van der Waals surface area (Å²) in [5, 5.41) is 7.97. The molecule has 1 atom stereocenters. The zero-order chi connectivity index (χ0) is 10.1. The highest BCUT2D eigenvalue weighted by Crippen LogP contribution is 2.17. The number of nitrogens with zero attached hydrogens (tertiary/aromatic N) is 2. The van der Waals surface area contributed by atoms with Crippen molar-refractivity contribution >= 4 is 0 Å². The molecule has 0 bridgehead atoms. The molecule has 0 aromatic carbocycles. The molecule has 1 aromatic rings. The van der Waals surface area contributed by atoms with Crippen molar-refractivity contribution in [2.24, 2.45) is 7.05 Å². The second-order valence-corrected chi connectivity index (χ2v) is 4.27. The highest BCUT2D eigenvalue weighted by atomic mass is 15.3. The van der Waals surface area contributed by atoms with E-state index in [1.54, 1.807) is 0 Å². The van der Waals surface area contributed by atoms with Gasteiger partial charge in [-0.25, -0.2) is 0 Å². The van der Waals surface area contributed by atoms with E-state index in [1.165, 1.54) is 36.3 Å². The molecule has 1 fully saturated rings. The quantitative estimate of drug-likeness (QED) is 0.768. The van der Waals surface area contributed by atoms with Gasteiger partial charge in [0.05, 0.1) is 5.69 Å². The van der Waals surface area contributed by atoms with Gasteiger partial charge in [0, 0.05) is 18.8 Å². The van der Waals surface area contributed by atoms with Gasteiger partial charge in [-0.3, -0.25) is 4.68 Å². The third-order valence-corrected chi connectivity index (χ3v) is 3.27. The highest BCUT2D eigenvalue weighted by molar-refractivity contribution is 5.25. The molecule has 2 rings (SSSR count). The van der Waals surface area contributed by atoms with Crippen LogP contribution in [0.1, 0.15) is 29.8 Å². The van der Waals surface area contributed by atoms with Crippen LogP contribution < -0.4 is 5.32 Å². The largest absolute Gasteiger partial charge is 0.314 e. The second kappa shape index (κ2) is 3.73. The molecule has 0 saturated carbocycles. The van der Waals surface area contributed by atoms with E-state index in [0.717, 1.165) is 6.42 Å². The monoisotopic (exact) mass is 193 g/mol.